The van der Waals surface area contributed by atoms with Crippen molar-refractivity contribution in [3.05, 3.63) is 0 Å². The molecule has 1 rings (SSSR count). The monoisotopic (exact) mass is 610 g/mol. The molecule has 0 bridgehead atoms. The van der Waals surface area contributed by atoms with E-state index < -0.39 is 0 Å². The third-order valence-corrected chi connectivity index (χ3v) is 9.21. The quantitative estimate of drug-likeness (QED) is 0.0605. The van der Waals surface area contributed by atoms with Crippen molar-refractivity contribution in [3.8, 4) is 0 Å². The molecule has 0 heterocycles. The summed E-state index contributed by atoms with van der Waals surface area (Å²) in [7, 11) is 0. The van der Waals surface area contributed by atoms with Gasteiger partial charge in [-0.1, -0.05) is 129 Å². The first kappa shape index (κ1) is 39.9. The summed E-state index contributed by atoms with van der Waals surface area (Å²) in [5, 5.41) is 9.44. The Labute approximate surface area is 266 Å². The van der Waals surface area contributed by atoms with Crippen LogP contribution in [0.2, 0.25) is 0 Å². The van der Waals surface area contributed by atoms with Crippen molar-refractivity contribution in [2.75, 3.05) is 32.9 Å². The third kappa shape index (κ3) is 23.9. The zero-order valence-electron chi connectivity index (χ0n) is 28.6. The Morgan fingerprint density at radius 3 is 1.47 bits per heavy atom. The molecule has 0 aliphatic heterocycles. The molecule has 1 aliphatic rings. The minimum atomic E-state index is -0.118. The van der Waals surface area contributed by atoms with Gasteiger partial charge in [0.1, 0.15) is 0 Å². The molecule has 1 saturated carbocycles. The van der Waals surface area contributed by atoms with Gasteiger partial charge in [-0.3, -0.25) is 14.5 Å². The first-order chi connectivity index (χ1) is 21.1. The van der Waals surface area contributed by atoms with Gasteiger partial charge < -0.3 is 14.6 Å². The first-order valence-corrected chi connectivity index (χ1v) is 18.8. The average molecular weight is 610 g/mol. The second-order valence-corrected chi connectivity index (χ2v) is 13.2. The minimum Gasteiger partial charge on any atom is -0.465 e. The molecule has 1 aliphatic carbocycles. The lowest BCUT2D eigenvalue weighted by molar-refractivity contribution is -0.149. The van der Waals surface area contributed by atoms with E-state index in [1.807, 2.05) is 0 Å². The zero-order chi connectivity index (χ0) is 31.2. The molecule has 1 fully saturated rings. The fourth-order valence-corrected chi connectivity index (χ4v) is 6.05. The van der Waals surface area contributed by atoms with Crippen molar-refractivity contribution in [3.63, 3.8) is 0 Å². The molecule has 6 heteroatoms. The number of carbonyl (C=O) groups is 2. The zero-order valence-corrected chi connectivity index (χ0v) is 28.6. The van der Waals surface area contributed by atoms with Gasteiger partial charge in [0.15, 0.2) is 0 Å². The number of hydrogen-bond donors (Lipinski definition) is 1. The Bertz CT molecular complexity index is 600. The lowest BCUT2D eigenvalue weighted by atomic mass is 9.91. The highest BCUT2D eigenvalue weighted by molar-refractivity contribution is 5.69. The van der Waals surface area contributed by atoms with Gasteiger partial charge in [0, 0.05) is 31.3 Å². The average Bonchev–Trinajstić information content (AvgIpc) is 2.97. The number of aliphatic hydroxyl groups excluding tert-OH is 1. The molecule has 43 heavy (non-hydrogen) atoms. The Hall–Kier alpha value is -1.14. The van der Waals surface area contributed by atoms with Crippen LogP contribution in [0.3, 0.4) is 0 Å². The lowest BCUT2D eigenvalue weighted by Crippen LogP contribution is -2.42. The molecular formula is C37H71NO5. The van der Waals surface area contributed by atoms with E-state index in [9.17, 15) is 14.7 Å². The molecular weight excluding hydrogens is 538 g/mol. The molecule has 0 unspecified atom stereocenters. The van der Waals surface area contributed by atoms with Crippen molar-refractivity contribution in [2.24, 2.45) is 5.92 Å². The van der Waals surface area contributed by atoms with Crippen LogP contribution in [0.5, 0.6) is 0 Å². The summed E-state index contributed by atoms with van der Waals surface area (Å²) >= 11 is 0. The van der Waals surface area contributed by atoms with E-state index in [0.717, 1.165) is 58.0 Å². The summed E-state index contributed by atoms with van der Waals surface area (Å²) in [4.78, 5) is 27.3. The predicted molar refractivity (Wildman–Crippen MR) is 179 cm³/mol. The highest BCUT2D eigenvalue weighted by atomic mass is 16.5. The van der Waals surface area contributed by atoms with E-state index in [-0.39, 0.29) is 24.5 Å². The number of rotatable bonds is 32. The molecule has 0 aromatic rings. The summed E-state index contributed by atoms with van der Waals surface area (Å²) in [6.07, 6.45) is 29.8. The molecule has 0 spiro atoms. The van der Waals surface area contributed by atoms with Gasteiger partial charge in [-0.25, -0.2) is 0 Å². The topological polar surface area (TPSA) is 76.1 Å². The first-order valence-electron chi connectivity index (χ1n) is 18.8. The van der Waals surface area contributed by atoms with Crippen LogP contribution in [-0.4, -0.2) is 60.9 Å². The van der Waals surface area contributed by atoms with E-state index >= 15 is 0 Å². The van der Waals surface area contributed by atoms with Crippen LogP contribution in [0.4, 0.5) is 0 Å². The number of esters is 2. The van der Waals surface area contributed by atoms with E-state index in [1.165, 1.54) is 109 Å². The third-order valence-electron chi connectivity index (χ3n) is 9.21. The van der Waals surface area contributed by atoms with E-state index in [2.05, 4.69) is 18.7 Å². The Morgan fingerprint density at radius 1 is 0.628 bits per heavy atom. The fraction of sp³-hybridized carbons (Fsp3) is 0.946. The Balaban J connectivity index is 2.30. The summed E-state index contributed by atoms with van der Waals surface area (Å²) < 4.78 is 11.4. The summed E-state index contributed by atoms with van der Waals surface area (Å²) in [6, 6.07) is 0.631. The van der Waals surface area contributed by atoms with Gasteiger partial charge in [0.05, 0.1) is 19.8 Å². The Kier molecular flexibility index (Phi) is 27.4. The SMILES string of the molecule is CCCCCCCCCCCC(=O)OCC(CCCCN(CCO)C1CCC1)COC(=O)CCCCCCCCCCC. The van der Waals surface area contributed by atoms with Crippen LogP contribution in [0.15, 0.2) is 0 Å². The molecule has 0 aromatic carbocycles. The van der Waals surface area contributed by atoms with Crippen molar-refractivity contribution in [1.82, 2.24) is 4.90 Å². The van der Waals surface area contributed by atoms with Gasteiger partial charge >= 0.3 is 11.9 Å². The van der Waals surface area contributed by atoms with Crippen LogP contribution in [0.1, 0.15) is 181 Å². The summed E-state index contributed by atoms with van der Waals surface area (Å²) in [5.74, 6) is -0.185. The van der Waals surface area contributed by atoms with Crippen LogP contribution >= 0.6 is 0 Å². The normalized spacial score (nSPS) is 13.5. The number of carbonyl (C=O) groups excluding carboxylic acids is 2. The highest BCUT2D eigenvalue weighted by Gasteiger charge is 2.24. The maximum absolute atomic E-state index is 12.4. The molecule has 6 nitrogen and oxygen atoms in total. The van der Waals surface area contributed by atoms with Crippen LogP contribution in [-0.2, 0) is 19.1 Å². The maximum atomic E-state index is 12.4. The minimum absolute atomic E-state index is 0.0501. The maximum Gasteiger partial charge on any atom is 0.305 e. The van der Waals surface area contributed by atoms with Crippen molar-refractivity contribution in [2.45, 2.75) is 187 Å². The van der Waals surface area contributed by atoms with Crippen LogP contribution < -0.4 is 0 Å². The molecule has 0 aromatic heterocycles. The molecule has 0 radical (unpaired) electrons. The van der Waals surface area contributed by atoms with Gasteiger partial charge in [-0.2, -0.15) is 0 Å². The molecule has 0 saturated heterocycles. The number of nitrogens with zero attached hydrogens (tertiary/aromatic N) is 1. The van der Waals surface area contributed by atoms with Gasteiger partial charge in [0.25, 0.3) is 0 Å². The molecule has 1 N–H and O–H groups in total. The number of hydrogen-bond acceptors (Lipinski definition) is 6. The standard InChI is InChI=1S/C37H71NO5/c1-3-5-7-9-11-13-15-17-19-27-36(40)42-32-34(24-21-22-29-38(30-31-39)35-25-23-26-35)33-43-37(41)28-20-18-16-14-12-10-8-6-4-2/h34-35,39H,3-33H2,1-2H3. The predicted octanol–water partition coefficient (Wildman–Crippen LogP) is 9.55. The van der Waals surface area contributed by atoms with Crippen LogP contribution in [0, 0.1) is 5.92 Å². The fourth-order valence-electron chi connectivity index (χ4n) is 6.05. The van der Waals surface area contributed by atoms with E-state index in [4.69, 9.17) is 9.47 Å². The van der Waals surface area contributed by atoms with Crippen LogP contribution in [0.25, 0.3) is 0 Å². The van der Waals surface area contributed by atoms with E-state index in [0.29, 0.717) is 32.1 Å². The molecule has 0 atom stereocenters. The second kappa shape index (κ2) is 29.6. The molecule has 0 amide bonds. The Morgan fingerprint density at radius 2 is 1.07 bits per heavy atom. The van der Waals surface area contributed by atoms with Crippen molar-refractivity contribution in [1.29, 1.82) is 0 Å². The van der Waals surface area contributed by atoms with Crippen molar-refractivity contribution >= 4 is 11.9 Å². The van der Waals surface area contributed by atoms with Crippen molar-refractivity contribution < 1.29 is 24.2 Å². The lowest BCUT2D eigenvalue weighted by Gasteiger charge is -2.37. The van der Waals surface area contributed by atoms with Gasteiger partial charge in [-0.05, 0) is 45.1 Å². The van der Waals surface area contributed by atoms with Gasteiger partial charge in [0.2, 0.25) is 0 Å². The van der Waals surface area contributed by atoms with Gasteiger partial charge in [-0.15, -0.1) is 0 Å². The van der Waals surface area contributed by atoms with E-state index in [1.54, 1.807) is 0 Å². The largest absolute Gasteiger partial charge is 0.465 e. The number of ether oxygens (including phenoxy) is 2. The highest BCUT2D eigenvalue weighted by Crippen LogP contribution is 2.25. The number of aliphatic hydroxyl groups is 1. The second-order valence-electron chi connectivity index (χ2n) is 13.2. The summed E-state index contributed by atoms with van der Waals surface area (Å²) in [6.45, 7) is 7.13. The summed E-state index contributed by atoms with van der Waals surface area (Å²) in [5.41, 5.74) is 0. The smallest absolute Gasteiger partial charge is 0.305 e. The molecule has 254 valence electrons. The number of unbranched alkanes of at least 4 members (excludes halogenated alkanes) is 17.